The third kappa shape index (κ3) is 5.44. The van der Waals surface area contributed by atoms with Crippen molar-refractivity contribution in [1.82, 2.24) is 10.2 Å². The number of rotatable bonds is 8. The summed E-state index contributed by atoms with van der Waals surface area (Å²) in [6.45, 7) is 3.80. The van der Waals surface area contributed by atoms with Gasteiger partial charge in [-0.1, -0.05) is 25.5 Å². The van der Waals surface area contributed by atoms with Crippen molar-refractivity contribution in [3.8, 4) is 0 Å². The highest BCUT2D eigenvalue weighted by molar-refractivity contribution is 5.82. The fourth-order valence-corrected chi connectivity index (χ4v) is 2.26. The van der Waals surface area contributed by atoms with Crippen LogP contribution in [0.25, 0.3) is 0 Å². The van der Waals surface area contributed by atoms with E-state index in [1.807, 2.05) is 6.92 Å². The molecule has 6 heteroatoms. The van der Waals surface area contributed by atoms with E-state index in [0.717, 1.165) is 0 Å². The topological polar surface area (TPSA) is 69.6 Å². The lowest BCUT2D eigenvalue weighted by Gasteiger charge is -2.24. The predicted octanol–water partition coefficient (Wildman–Crippen LogP) is 2.02. The first-order chi connectivity index (χ1) is 10.3. The first kappa shape index (κ1) is 18.1. The second kappa shape index (κ2) is 8.48. The number of carbonyl (C=O) groups is 2. The largest absolute Gasteiger partial charge is 0.480 e. The zero-order valence-corrected chi connectivity index (χ0v) is 13.2. The first-order valence-electron chi connectivity index (χ1n) is 7.33. The number of carboxylic acid groups (broad SMARTS) is 1. The van der Waals surface area contributed by atoms with Crippen molar-refractivity contribution in [3.63, 3.8) is 0 Å². The molecule has 0 spiro atoms. The van der Waals surface area contributed by atoms with Gasteiger partial charge in [0.05, 0.1) is 6.04 Å². The second-order valence-corrected chi connectivity index (χ2v) is 5.39. The predicted molar refractivity (Wildman–Crippen MR) is 81.8 cm³/mol. The maximum Gasteiger partial charge on any atom is 0.320 e. The van der Waals surface area contributed by atoms with Crippen molar-refractivity contribution < 1.29 is 19.1 Å². The van der Waals surface area contributed by atoms with Crippen LogP contribution in [0.5, 0.6) is 0 Å². The molecule has 2 N–H and O–H groups in total. The number of carbonyl (C=O) groups excluding carboxylic acids is 1. The van der Waals surface area contributed by atoms with Crippen molar-refractivity contribution in [2.75, 3.05) is 7.05 Å². The summed E-state index contributed by atoms with van der Waals surface area (Å²) < 4.78 is 13.1. The molecule has 0 radical (unpaired) electrons. The van der Waals surface area contributed by atoms with Gasteiger partial charge in [-0.05, 0) is 31.0 Å². The van der Waals surface area contributed by atoms with Crippen molar-refractivity contribution in [1.29, 1.82) is 0 Å². The summed E-state index contributed by atoms with van der Waals surface area (Å²) in [5, 5.41) is 11.9. The monoisotopic (exact) mass is 310 g/mol. The Balaban J connectivity index is 2.63. The van der Waals surface area contributed by atoms with E-state index in [-0.39, 0.29) is 18.3 Å². The summed E-state index contributed by atoms with van der Waals surface area (Å²) in [5.41, 5.74) is 0.686. The van der Waals surface area contributed by atoms with E-state index in [1.54, 1.807) is 26.1 Å². The number of halogens is 1. The Kier molecular flexibility index (Phi) is 6.98. The lowest BCUT2D eigenvalue weighted by Crippen LogP contribution is -2.49. The quantitative estimate of drug-likeness (QED) is 0.771. The van der Waals surface area contributed by atoms with Crippen LogP contribution in [0.1, 0.15) is 32.3 Å². The average molecular weight is 310 g/mol. The molecule has 2 atom stereocenters. The van der Waals surface area contributed by atoms with Gasteiger partial charge in [0.1, 0.15) is 11.9 Å². The molecule has 1 aromatic carbocycles. The standard InChI is InChI=1S/C16H23FN2O3/c1-4-6-14(16(21)22)18-11(2)15(20)19(3)10-12-7-5-8-13(17)9-12/h5,7-9,11,14,18H,4,6,10H2,1-3H3,(H,21,22). The number of hydrogen-bond acceptors (Lipinski definition) is 3. The molecule has 5 nitrogen and oxygen atoms in total. The molecule has 2 unspecified atom stereocenters. The van der Waals surface area contributed by atoms with Gasteiger partial charge in [0.25, 0.3) is 0 Å². The van der Waals surface area contributed by atoms with Gasteiger partial charge in [0, 0.05) is 13.6 Å². The highest BCUT2D eigenvalue weighted by Gasteiger charge is 2.24. The van der Waals surface area contributed by atoms with Crippen molar-refractivity contribution in [3.05, 3.63) is 35.6 Å². The van der Waals surface area contributed by atoms with Gasteiger partial charge in [-0.25, -0.2) is 4.39 Å². The molecular formula is C16H23FN2O3. The fraction of sp³-hybridized carbons (Fsp3) is 0.500. The van der Waals surface area contributed by atoms with E-state index in [1.165, 1.54) is 17.0 Å². The zero-order chi connectivity index (χ0) is 16.7. The van der Waals surface area contributed by atoms with E-state index in [2.05, 4.69) is 5.32 Å². The Hall–Kier alpha value is -1.95. The van der Waals surface area contributed by atoms with Crippen LogP contribution in [0.15, 0.2) is 24.3 Å². The molecule has 0 fully saturated rings. The van der Waals surface area contributed by atoms with Crippen LogP contribution in [0.3, 0.4) is 0 Å². The highest BCUT2D eigenvalue weighted by atomic mass is 19.1. The molecule has 0 aliphatic rings. The molecule has 0 aliphatic heterocycles. The van der Waals surface area contributed by atoms with Crippen LogP contribution in [-0.4, -0.2) is 41.0 Å². The molecule has 22 heavy (non-hydrogen) atoms. The van der Waals surface area contributed by atoms with Crippen LogP contribution >= 0.6 is 0 Å². The van der Waals surface area contributed by atoms with Crippen molar-refractivity contribution in [2.45, 2.75) is 45.3 Å². The lowest BCUT2D eigenvalue weighted by molar-refractivity contribution is -0.140. The van der Waals surface area contributed by atoms with Crippen LogP contribution in [0, 0.1) is 5.82 Å². The smallest absolute Gasteiger partial charge is 0.320 e. The van der Waals surface area contributed by atoms with Gasteiger partial charge < -0.3 is 10.0 Å². The van der Waals surface area contributed by atoms with Gasteiger partial charge in [0.2, 0.25) is 5.91 Å². The summed E-state index contributed by atoms with van der Waals surface area (Å²) >= 11 is 0. The Morgan fingerprint density at radius 1 is 1.41 bits per heavy atom. The minimum Gasteiger partial charge on any atom is -0.480 e. The molecule has 1 rings (SSSR count). The molecule has 1 amide bonds. The number of aliphatic carboxylic acids is 1. The summed E-state index contributed by atoms with van der Waals surface area (Å²) in [6.07, 6.45) is 1.17. The fourth-order valence-electron chi connectivity index (χ4n) is 2.26. The molecule has 0 heterocycles. The van der Waals surface area contributed by atoms with Gasteiger partial charge in [-0.3, -0.25) is 14.9 Å². The number of nitrogens with one attached hydrogen (secondary N) is 1. The number of benzene rings is 1. The minimum atomic E-state index is -0.964. The number of hydrogen-bond donors (Lipinski definition) is 2. The Bertz CT molecular complexity index is 522. The molecular weight excluding hydrogens is 287 g/mol. The molecule has 0 aromatic heterocycles. The van der Waals surface area contributed by atoms with E-state index < -0.39 is 18.1 Å². The summed E-state index contributed by atoms with van der Waals surface area (Å²) in [5.74, 6) is -1.54. The Morgan fingerprint density at radius 2 is 2.09 bits per heavy atom. The minimum absolute atomic E-state index is 0.230. The molecule has 0 saturated heterocycles. The average Bonchev–Trinajstić information content (AvgIpc) is 2.45. The Labute approximate surface area is 130 Å². The first-order valence-corrected chi connectivity index (χ1v) is 7.33. The van der Waals surface area contributed by atoms with Crippen LogP contribution in [-0.2, 0) is 16.1 Å². The zero-order valence-electron chi connectivity index (χ0n) is 13.2. The van der Waals surface area contributed by atoms with Crippen LogP contribution in [0.4, 0.5) is 4.39 Å². The number of amides is 1. The van der Waals surface area contributed by atoms with Crippen LogP contribution in [0.2, 0.25) is 0 Å². The van der Waals surface area contributed by atoms with Gasteiger partial charge in [0.15, 0.2) is 0 Å². The maximum absolute atomic E-state index is 13.1. The summed E-state index contributed by atoms with van der Waals surface area (Å²) in [4.78, 5) is 24.8. The van der Waals surface area contributed by atoms with Crippen LogP contribution < -0.4 is 5.32 Å². The second-order valence-electron chi connectivity index (χ2n) is 5.39. The number of likely N-dealkylation sites (N-methyl/N-ethyl adjacent to an activating group) is 1. The van der Waals surface area contributed by atoms with Crippen molar-refractivity contribution in [2.24, 2.45) is 0 Å². The Morgan fingerprint density at radius 3 is 2.64 bits per heavy atom. The SMILES string of the molecule is CCCC(NC(C)C(=O)N(C)Cc1cccc(F)c1)C(=O)O. The summed E-state index contributed by atoms with van der Waals surface area (Å²) in [7, 11) is 1.61. The summed E-state index contributed by atoms with van der Waals surface area (Å²) in [6, 6.07) is 4.68. The highest BCUT2D eigenvalue weighted by Crippen LogP contribution is 2.08. The molecule has 122 valence electrons. The maximum atomic E-state index is 13.1. The molecule has 0 bridgehead atoms. The number of carboxylic acids is 1. The molecule has 0 saturated carbocycles. The third-order valence-electron chi connectivity index (χ3n) is 3.38. The van der Waals surface area contributed by atoms with Gasteiger partial charge >= 0.3 is 5.97 Å². The normalized spacial score (nSPS) is 13.5. The molecule has 0 aliphatic carbocycles. The van der Waals surface area contributed by atoms with Crippen molar-refractivity contribution >= 4 is 11.9 Å². The third-order valence-corrected chi connectivity index (χ3v) is 3.38. The molecule has 1 aromatic rings. The van der Waals surface area contributed by atoms with E-state index in [4.69, 9.17) is 5.11 Å². The van der Waals surface area contributed by atoms with E-state index in [9.17, 15) is 14.0 Å². The number of nitrogens with zero attached hydrogens (tertiary/aromatic N) is 1. The lowest BCUT2D eigenvalue weighted by atomic mass is 10.1. The van der Waals surface area contributed by atoms with Gasteiger partial charge in [-0.15, -0.1) is 0 Å². The van der Waals surface area contributed by atoms with E-state index in [0.29, 0.717) is 18.4 Å². The van der Waals surface area contributed by atoms with Gasteiger partial charge in [-0.2, -0.15) is 0 Å². The van der Waals surface area contributed by atoms with E-state index >= 15 is 0 Å².